The minimum absolute atomic E-state index is 0.0296. The molecule has 0 aromatic carbocycles. The Morgan fingerprint density at radius 2 is 0.944 bits per heavy atom. The first-order valence-electron chi connectivity index (χ1n) is 22.5. The number of phosphoric acid groups is 1. The van der Waals surface area contributed by atoms with E-state index >= 15 is 0 Å². The lowest BCUT2D eigenvalue weighted by Gasteiger charge is -2.19. The van der Waals surface area contributed by atoms with Crippen LogP contribution in [-0.2, 0) is 27.9 Å². The van der Waals surface area contributed by atoms with Gasteiger partial charge >= 0.3 is 13.8 Å². The minimum Gasteiger partial charge on any atom is -0.498 e. The van der Waals surface area contributed by atoms with Gasteiger partial charge in [0.15, 0.2) is 6.10 Å². The Kier molecular flexibility index (Phi) is 41.6. The highest BCUT2D eigenvalue weighted by molar-refractivity contribution is 7.47. The van der Waals surface area contributed by atoms with Gasteiger partial charge in [0.25, 0.3) is 0 Å². The van der Waals surface area contributed by atoms with Crippen LogP contribution >= 0.6 is 7.82 Å². The number of hydrogen-bond donors (Lipinski definition) is 2. The Labute approximate surface area is 333 Å². The molecule has 0 aliphatic rings. The van der Waals surface area contributed by atoms with Gasteiger partial charge < -0.3 is 20.1 Å². The summed E-state index contributed by atoms with van der Waals surface area (Å²) in [6.07, 6.45) is 49.7. The summed E-state index contributed by atoms with van der Waals surface area (Å²) in [4.78, 5) is 22.5. The normalized spacial score (nSPS) is 13.7. The molecule has 0 bridgehead atoms. The summed E-state index contributed by atoms with van der Waals surface area (Å²) in [6.45, 7) is 4.23. The highest BCUT2D eigenvalue weighted by Crippen LogP contribution is 2.43. The van der Waals surface area contributed by atoms with E-state index in [1.165, 1.54) is 161 Å². The number of rotatable bonds is 43. The van der Waals surface area contributed by atoms with Crippen molar-refractivity contribution in [2.24, 2.45) is 5.73 Å². The van der Waals surface area contributed by atoms with Crippen molar-refractivity contribution in [2.75, 3.05) is 26.4 Å². The highest BCUT2D eigenvalue weighted by Gasteiger charge is 2.25. The van der Waals surface area contributed by atoms with Crippen molar-refractivity contribution < 1.29 is 32.8 Å². The van der Waals surface area contributed by atoms with Crippen LogP contribution in [0.3, 0.4) is 0 Å². The monoisotopic (exact) mass is 784 g/mol. The zero-order valence-electron chi connectivity index (χ0n) is 35.2. The number of carbonyl (C=O) groups is 1. The summed E-state index contributed by atoms with van der Waals surface area (Å²) in [5.74, 6) is -0.355. The van der Waals surface area contributed by atoms with Crippen LogP contribution in [0.5, 0.6) is 0 Å². The molecule has 0 aromatic rings. The van der Waals surface area contributed by atoms with E-state index in [1.54, 1.807) is 6.26 Å². The molecule has 9 heteroatoms. The first kappa shape index (κ1) is 52.6. The number of nitrogens with two attached hydrogens (primary N) is 1. The van der Waals surface area contributed by atoms with Gasteiger partial charge in [-0.25, -0.2) is 4.57 Å². The van der Waals surface area contributed by atoms with Crippen LogP contribution in [-0.4, -0.2) is 43.3 Å². The molecule has 0 amide bonds. The third-order valence-electron chi connectivity index (χ3n) is 9.59. The smallest absolute Gasteiger partial charge is 0.472 e. The van der Waals surface area contributed by atoms with Crippen molar-refractivity contribution in [3.8, 4) is 0 Å². The van der Waals surface area contributed by atoms with E-state index in [9.17, 15) is 14.3 Å². The molecule has 1 unspecified atom stereocenters. The summed E-state index contributed by atoms with van der Waals surface area (Å²) in [5, 5.41) is 0. The summed E-state index contributed by atoms with van der Waals surface area (Å²) < 4.78 is 33.2. The van der Waals surface area contributed by atoms with Crippen molar-refractivity contribution in [3.05, 3.63) is 36.6 Å². The lowest BCUT2D eigenvalue weighted by molar-refractivity contribution is -0.153. The van der Waals surface area contributed by atoms with Crippen LogP contribution < -0.4 is 5.73 Å². The van der Waals surface area contributed by atoms with Gasteiger partial charge in [-0.1, -0.05) is 160 Å². The quantitative estimate of drug-likeness (QED) is 0.0206. The number of hydrogen-bond acceptors (Lipinski definition) is 7. The molecule has 3 N–H and O–H groups in total. The van der Waals surface area contributed by atoms with E-state index in [0.717, 1.165) is 32.1 Å². The molecule has 0 aliphatic carbocycles. The third kappa shape index (κ3) is 41.7. The molecule has 8 nitrogen and oxygen atoms in total. The second kappa shape index (κ2) is 42.7. The Morgan fingerprint density at radius 1 is 0.556 bits per heavy atom. The maximum Gasteiger partial charge on any atom is 0.472 e. The average Bonchev–Trinajstić information content (AvgIpc) is 3.16. The molecule has 0 aliphatic heterocycles. The van der Waals surface area contributed by atoms with Gasteiger partial charge in [0.2, 0.25) is 0 Å². The zero-order valence-corrected chi connectivity index (χ0v) is 36.1. The predicted octanol–water partition coefficient (Wildman–Crippen LogP) is 13.8. The lowest BCUT2D eigenvalue weighted by Crippen LogP contribution is -2.27. The maximum absolute atomic E-state index is 12.6. The Balaban J connectivity index is 4.05. The molecule has 0 rings (SSSR count). The zero-order chi connectivity index (χ0) is 39.5. The fraction of sp³-hybridized carbons (Fsp3) is 0.844. The van der Waals surface area contributed by atoms with Gasteiger partial charge in [-0.15, -0.1) is 0 Å². The molecule has 0 radical (unpaired) electrons. The van der Waals surface area contributed by atoms with Crippen molar-refractivity contribution in [1.29, 1.82) is 0 Å². The van der Waals surface area contributed by atoms with Gasteiger partial charge in [-0.05, 0) is 76.7 Å². The van der Waals surface area contributed by atoms with Crippen LogP contribution in [0.2, 0.25) is 0 Å². The largest absolute Gasteiger partial charge is 0.498 e. The molecule has 318 valence electrons. The van der Waals surface area contributed by atoms with E-state index in [2.05, 4.69) is 38.2 Å². The Hall–Kier alpha value is -1.44. The van der Waals surface area contributed by atoms with Crippen molar-refractivity contribution in [3.63, 3.8) is 0 Å². The summed E-state index contributed by atoms with van der Waals surface area (Å²) >= 11 is 0. The molecule has 0 spiro atoms. The Bertz CT molecular complexity index is 926. The highest BCUT2D eigenvalue weighted by atomic mass is 31.2. The second-order valence-electron chi connectivity index (χ2n) is 15.0. The number of esters is 1. The van der Waals surface area contributed by atoms with Crippen LogP contribution in [0.4, 0.5) is 0 Å². The first-order valence-corrected chi connectivity index (χ1v) is 24.0. The molecule has 0 saturated heterocycles. The number of allylic oxidation sites excluding steroid dienone is 5. The maximum atomic E-state index is 12.6. The first-order chi connectivity index (χ1) is 26.4. The molecule has 2 atom stereocenters. The Morgan fingerprint density at radius 3 is 1.39 bits per heavy atom. The third-order valence-corrected chi connectivity index (χ3v) is 10.6. The summed E-state index contributed by atoms with van der Waals surface area (Å²) in [5.41, 5.74) is 5.37. The van der Waals surface area contributed by atoms with Gasteiger partial charge in [0.05, 0.1) is 19.5 Å². The molecule has 0 heterocycles. The molecule has 0 saturated carbocycles. The van der Waals surface area contributed by atoms with E-state index in [-0.39, 0.29) is 32.3 Å². The number of unbranched alkanes of at least 4 members (excludes halogenated alkanes) is 26. The van der Waals surface area contributed by atoms with Crippen molar-refractivity contribution in [1.82, 2.24) is 0 Å². The van der Waals surface area contributed by atoms with Gasteiger partial charge in [-0.3, -0.25) is 13.8 Å². The number of phosphoric ester groups is 1. The van der Waals surface area contributed by atoms with E-state index in [1.807, 2.05) is 6.08 Å². The van der Waals surface area contributed by atoms with Crippen LogP contribution in [0, 0.1) is 0 Å². The minimum atomic E-state index is -4.29. The summed E-state index contributed by atoms with van der Waals surface area (Å²) in [7, 11) is -4.29. The molecular formula is C45H86NO7P. The second-order valence-corrected chi connectivity index (χ2v) is 16.4. The summed E-state index contributed by atoms with van der Waals surface area (Å²) in [6, 6.07) is 0. The lowest BCUT2D eigenvalue weighted by atomic mass is 10.1. The number of carbonyl (C=O) groups excluding carboxylic acids is 1. The van der Waals surface area contributed by atoms with E-state index in [0.29, 0.717) is 6.42 Å². The molecular weight excluding hydrogens is 697 g/mol. The van der Waals surface area contributed by atoms with E-state index < -0.39 is 13.9 Å². The molecule has 0 aromatic heterocycles. The number of ether oxygens (including phenoxy) is 2. The fourth-order valence-corrected chi connectivity index (χ4v) is 7.01. The van der Waals surface area contributed by atoms with Gasteiger partial charge in [-0.2, -0.15) is 0 Å². The standard InChI is InChI=1S/C45H86NO7P/c1-3-5-7-9-11-13-15-17-19-21-22-23-24-26-28-30-32-34-36-38-45(47)53-44(43-52-54(48,49)51-41-39-46)42-50-40-37-35-33-31-29-27-25-20-18-16-14-12-10-8-6-4-2/h14,16-17,19,37,40,44H,3-13,15,18,20-36,38-39,41-43,46H2,1-2H3,(H,48,49)/t44-/m1/s1. The fourth-order valence-electron chi connectivity index (χ4n) is 6.25. The predicted molar refractivity (Wildman–Crippen MR) is 229 cm³/mol. The SMILES string of the molecule is CCCCCCC=CCCCCCCCCC=COC[C@H](COP(=O)(O)OCCN)OC(=O)CCCCCCCCCCCC=CCCCCCCCC. The molecule has 54 heavy (non-hydrogen) atoms. The van der Waals surface area contributed by atoms with Crippen LogP contribution in [0.1, 0.15) is 213 Å². The topological polar surface area (TPSA) is 117 Å². The van der Waals surface area contributed by atoms with Crippen LogP contribution in [0.15, 0.2) is 36.6 Å². The van der Waals surface area contributed by atoms with Crippen molar-refractivity contribution >= 4 is 13.8 Å². The van der Waals surface area contributed by atoms with Crippen LogP contribution in [0.25, 0.3) is 0 Å². The average molecular weight is 784 g/mol. The van der Waals surface area contributed by atoms with Gasteiger partial charge in [0.1, 0.15) is 6.61 Å². The van der Waals surface area contributed by atoms with Gasteiger partial charge in [0, 0.05) is 13.0 Å². The van der Waals surface area contributed by atoms with E-state index in [4.69, 9.17) is 24.3 Å². The van der Waals surface area contributed by atoms with Crippen molar-refractivity contribution in [2.45, 2.75) is 219 Å². The molecule has 0 fully saturated rings.